The van der Waals surface area contributed by atoms with Gasteiger partial charge < -0.3 is 5.73 Å². The molecule has 0 bridgehead atoms. The summed E-state index contributed by atoms with van der Waals surface area (Å²) in [4.78, 5) is 5.09. The number of nitrogens with two attached hydrogens (primary N) is 1. The van der Waals surface area contributed by atoms with E-state index in [1.807, 2.05) is 0 Å². The van der Waals surface area contributed by atoms with Gasteiger partial charge in [-0.05, 0) is 13.5 Å². The molecule has 156 valence electrons. The first-order chi connectivity index (χ1) is 12.8. The molecular formula is C23H49N3. The van der Waals surface area contributed by atoms with E-state index in [9.17, 15) is 0 Å². The van der Waals surface area contributed by atoms with E-state index in [-0.39, 0.29) is 0 Å². The van der Waals surface area contributed by atoms with E-state index in [1.165, 1.54) is 116 Å². The fourth-order valence-corrected chi connectivity index (χ4v) is 4.39. The Morgan fingerprint density at radius 2 is 1.15 bits per heavy atom. The summed E-state index contributed by atoms with van der Waals surface area (Å²) in [5, 5.41) is 0. The standard InChI is InChI=1S/C23H49N3/c1-3-4-5-6-7-8-9-10-11-12-13-14-15-16-17-18-23-25(2)21-22-26(23)20-19-24/h23H,3-22,24H2,1-2H3. The highest BCUT2D eigenvalue weighted by Gasteiger charge is 2.27. The number of likely N-dealkylation sites (N-methyl/N-ethyl adjacent to an activating group) is 1. The Morgan fingerprint density at radius 1 is 0.692 bits per heavy atom. The lowest BCUT2D eigenvalue weighted by atomic mass is 10.0. The third-order valence-corrected chi connectivity index (χ3v) is 6.15. The Kier molecular flexibility index (Phi) is 15.6. The van der Waals surface area contributed by atoms with Crippen molar-refractivity contribution in [3.8, 4) is 0 Å². The van der Waals surface area contributed by atoms with Crippen LogP contribution in [0.15, 0.2) is 0 Å². The smallest absolute Gasteiger partial charge is 0.0621 e. The molecule has 1 atom stereocenters. The zero-order chi connectivity index (χ0) is 18.9. The predicted molar refractivity (Wildman–Crippen MR) is 117 cm³/mol. The SMILES string of the molecule is CCCCCCCCCCCCCCCCCC1N(C)CCN1CCN. The van der Waals surface area contributed by atoms with E-state index in [4.69, 9.17) is 5.73 Å². The largest absolute Gasteiger partial charge is 0.329 e. The molecule has 1 rings (SSSR count). The van der Waals surface area contributed by atoms with Crippen molar-refractivity contribution in [3.05, 3.63) is 0 Å². The minimum absolute atomic E-state index is 0.653. The normalized spacial score (nSPS) is 18.8. The second-order valence-corrected chi connectivity index (χ2v) is 8.52. The Hall–Kier alpha value is -0.120. The molecule has 3 nitrogen and oxygen atoms in total. The van der Waals surface area contributed by atoms with E-state index in [1.54, 1.807) is 0 Å². The summed E-state index contributed by atoms with van der Waals surface area (Å²) in [6.45, 7) is 6.57. The third kappa shape index (κ3) is 11.6. The van der Waals surface area contributed by atoms with Crippen LogP contribution in [0, 0.1) is 0 Å². The van der Waals surface area contributed by atoms with Crippen LogP contribution in [-0.4, -0.2) is 49.2 Å². The highest BCUT2D eigenvalue weighted by atomic mass is 15.4. The Bertz CT molecular complexity index is 293. The fourth-order valence-electron chi connectivity index (χ4n) is 4.39. The maximum atomic E-state index is 5.74. The summed E-state index contributed by atoms with van der Waals surface area (Å²) >= 11 is 0. The van der Waals surface area contributed by atoms with Crippen LogP contribution < -0.4 is 5.73 Å². The Balaban J connectivity index is 1.81. The van der Waals surface area contributed by atoms with Gasteiger partial charge in [-0.1, -0.05) is 103 Å². The molecule has 0 aliphatic carbocycles. The van der Waals surface area contributed by atoms with Gasteiger partial charge in [0.05, 0.1) is 6.17 Å². The number of hydrogen-bond donors (Lipinski definition) is 1. The third-order valence-electron chi connectivity index (χ3n) is 6.15. The van der Waals surface area contributed by atoms with Crippen molar-refractivity contribution in [1.82, 2.24) is 9.80 Å². The molecule has 1 unspecified atom stereocenters. The number of hydrogen-bond acceptors (Lipinski definition) is 3. The molecule has 2 N–H and O–H groups in total. The van der Waals surface area contributed by atoms with Crippen molar-refractivity contribution < 1.29 is 0 Å². The first-order valence-corrected chi connectivity index (χ1v) is 11.9. The van der Waals surface area contributed by atoms with Crippen molar-refractivity contribution in [3.63, 3.8) is 0 Å². The molecule has 0 saturated carbocycles. The first kappa shape index (κ1) is 23.9. The summed E-state index contributed by atoms with van der Waals surface area (Å²) in [5.41, 5.74) is 5.74. The van der Waals surface area contributed by atoms with E-state index < -0.39 is 0 Å². The van der Waals surface area contributed by atoms with Gasteiger partial charge in [0.1, 0.15) is 0 Å². The molecule has 0 amide bonds. The molecular weight excluding hydrogens is 318 g/mol. The summed E-state index contributed by atoms with van der Waals surface area (Å²) < 4.78 is 0. The molecule has 1 heterocycles. The number of rotatable bonds is 18. The lowest BCUT2D eigenvalue weighted by Gasteiger charge is -2.27. The molecule has 1 aliphatic heterocycles. The fraction of sp³-hybridized carbons (Fsp3) is 1.00. The van der Waals surface area contributed by atoms with Crippen LogP contribution in [0.4, 0.5) is 0 Å². The molecule has 0 aromatic heterocycles. The van der Waals surface area contributed by atoms with Gasteiger partial charge >= 0.3 is 0 Å². The predicted octanol–water partition coefficient (Wildman–Crippen LogP) is 5.78. The van der Waals surface area contributed by atoms with Gasteiger partial charge in [-0.25, -0.2) is 0 Å². The lowest BCUT2D eigenvalue weighted by Crippen LogP contribution is -2.39. The molecule has 0 aromatic rings. The zero-order valence-corrected chi connectivity index (χ0v) is 18.2. The topological polar surface area (TPSA) is 32.5 Å². The van der Waals surface area contributed by atoms with Crippen LogP contribution >= 0.6 is 0 Å². The van der Waals surface area contributed by atoms with Gasteiger partial charge in [-0.3, -0.25) is 9.80 Å². The highest BCUT2D eigenvalue weighted by Crippen LogP contribution is 2.19. The van der Waals surface area contributed by atoms with Crippen LogP contribution in [0.3, 0.4) is 0 Å². The quantitative estimate of drug-likeness (QED) is 0.312. The molecule has 3 heteroatoms. The van der Waals surface area contributed by atoms with Crippen LogP contribution in [0.5, 0.6) is 0 Å². The van der Waals surface area contributed by atoms with E-state index in [0.717, 1.165) is 13.1 Å². The molecule has 1 aliphatic rings. The summed E-state index contributed by atoms with van der Waals surface area (Å²) in [7, 11) is 2.27. The summed E-state index contributed by atoms with van der Waals surface area (Å²) in [5.74, 6) is 0. The van der Waals surface area contributed by atoms with Gasteiger partial charge in [-0.2, -0.15) is 0 Å². The van der Waals surface area contributed by atoms with Gasteiger partial charge in [0.25, 0.3) is 0 Å². The minimum atomic E-state index is 0.653. The average molecular weight is 368 g/mol. The second-order valence-electron chi connectivity index (χ2n) is 8.52. The number of nitrogens with zero attached hydrogens (tertiary/aromatic N) is 2. The minimum Gasteiger partial charge on any atom is -0.329 e. The van der Waals surface area contributed by atoms with Gasteiger partial charge in [0, 0.05) is 26.2 Å². The average Bonchev–Trinajstić information content (AvgIpc) is 2.98. The van der Waals surface area contributed by atoms with Crippen molar-refractivity contribution in [2.75, 3.05) is 33.2 Å². The van der Waals surface area contributed by atoms with E-state index >= 15 is 0 Å². The molecule has 1 fully saturated rings. The van der Waals surface area contributed by atoms with Crippen molar-refractivity contribution >= 4 is 0 Å². The summed E-state index contributed by atoms with van der Waals surface area (Å²) in [6, 6.07) is 0. The Labute approximate surface area is 165 Å². The first-order valence-electron chi connectivity index (χ1n) is 11.9. The van der Waals surface area contributed by atoms with E-state index in [0.29, 0.717) is 6.17 Å². The van der Waals surface area contributed by atoms with Crippen LogP contribution in [0.2, 0.25) is 0 Å². The monoisotopic (exact) mass is 367 g/mol. The van der Waals surface area contributed by atoms with E-state index in [2.05, 4.69) is 23.8 Å². The Morgan fingerprint density at radius 3 is 1.62 bits per heavy atom. The maximum absolute atomic E-state index is 5.74. The second kappa shape index (κ2) is 17.0. The molecule has 0 radical (unpaired) electrons. The molecule has 26 heavy (non-hydrogen) atoms. The maximum Gasteiger partial charge on any atom is 0.0621 e. The van der Waals surface area contributed by atoms with Gasteiger partial charge in [-0.15, -0.1) is 0 Å². The molecule has 0 aromatic carbocycles. The van der Waals surface area contributed by atoms with Crippen molar-refractivity contribution in [1.29, 1.82) is 0 Å². The van der Waals surface area contributed by atoms with Crippen LogP contribution in [-0.2, 0) is 0 Å². The van der Waals surface area contributed by atoms with Crippen LogP contribution in [0.25, 0.3) is 0 Å². The van der Waals surface area contributed by atoms with Gasteiger partial charge in [0.15, 0.2) is 0 Å². The van der Waals surface area contributed by atoms with Crippen LogP contribution in [0.1, 0.15) is 110 Å². The molecule has 0 spiro atoms. The van der Waals surface area contributed by atoms with Crippen molar-refractivity contribution in [2.45, 2.75) is 116 Å². The highest BCUT2D eigenvalue weighted by molar-refractivity contribution is 4.79. The van der Waals surface area contributed by atoms with Crippen molar-refractivity contribution in [2.24, 2.45) is 5.73 Å². The summed E-state index contributed by atoms with van der Waals surface area (Å²) in [6.07, 6.45) is 23.7. The number of unbranched alkanes of at least 4 members (excludes halogenated alkanes) is 14. The molecule has 1 saturated heterocycles. The van der Waals surface area contributed by atoms with Gasteiger partial charge in [0.2, 0.25) is 0 Å². The zero-order valence-electron chi connectivity index (χ0n) is 18.2. The lowest BCUT2D eigenvalue weighted by molar-refractivity contribution is 0.148.